The van der Waals surface area contributed by atoms with Crippen molar-refractivity contribution in [2.24, 2.45) is 5.92 Å². The first kappa shape index (κ1) is 14.3. The van der Waals surface area contributed by atoms with Gasteiger partial charge in [-0.2, -0.15) is 13.2 Å². The molecule has 1 aromatic carbocycles. The second-order valence-corrected chi connectivity index (χ2v) is 5.35. The quantitative estimate of drug-likeness (QED) is 0.872. The molecule has 2 unspecified atom stereocenters. The Hall–Kier alpha value is -1.08. The summed E-state index contributed by atoms with van der Waals surface area (Å²) in [5.41, 5.74) is -0.741. The van der Waals surface area contributed by atoms with Gasteiger partial charge in [-0.3, -0.25) is 4.79 Å². The molecule has 1 saturated heterocycles. The zero-order valence-corrected chi connectivity index (χ0v) is 11.3. The Kier molecular flexibility index (Phi) is 3.87. The fourth-order valence-corrected chi connectivity index (χ4v) is 2.72. The lowest BCUT2D eigenvalue weighted by Crippen LogP contribution is -2.23. The standard InChI is InChI=1S/C12H11BrF3NO2/c13-6-1-2-7(10(3-6)12(14,15)16)8-4-17-5-9(8)11(18)19/h1-3,8-9,17H,4-5H2,(H,18,19). The number of carbonyl (C=O) groups is 1. The van der Waals surface area contributed by atoms with Crippen molar-refractivity contribution >= 4 is 21.9 Å². The van der Waals surface area contributed by atoms with Crippen LogP contribution in [0.1, 0.15) is 17.0 Å². The van der Waals surface area contributed by atoms with Gasteiger partial charge in [0.05, 0.1) is 11.5 Å². The van der Waals surface area contributed by atoms with Crippen molar-refractivity contribution in [1.29, 1.82) is 0 Å². The summed E-state index contributed by atoms with van der Waals surface area (Å²) < 4.78 is 39.4. The normalized spacial score (nSPS) is 23.6. The van der Waals surface area contributed by atoms with E-state index < -0.39 is 29.5 Å². The Bertz CT molecular complexity index is 504. The van der Waals surface area contributed by atoms with Crippen molar-refractivity contribution in [2.45, 2.75) is 12.1 Å². The Balaban J connectivity index is 2.47. The van der Waals surface area contributed by atoms with Gasteiger partial charge in [-0.15, -0.1) is 0 Å². The molecule has 0 spiro atoms. The van der Waals surface area contributed by atoms with Crippen molar-refractivity contribution in [3.8, 4) is 0 Å². The fourth-order valence-electron chi connectivity index (χ4n) is 2.36. The summed E-state index contributed by atoms with van der Waals surface area (Å²) in [5.74, 6) is -2.57. The summed E-state index contributed by atoms with van der Waals surface area (Å²) in [6.07, 6.45) is -4.50. The highest BCUT2D eigenvalue weighted by molar-refractivity contribution is 9.10. The number of alkyl halides is 3. The van der Waals surface area contributed by atoms with Crippen molar-refractivity contribution < 1.29 is 23.1 Å². The third-order valence-corrected chi connectivity index (χ3v) is 3.74. The van der Waals surface area contributed by atoms with Crippen molar-refractivity contribution in [2.75, 3.05) is 13.1 Å². The molecule has 0 saturated carbocycles. The van der Waals surface area contributed by atoms with Crippen LogP contribution in [0.3, 0.4) is 0 Å². The molecule has 2 atom stereocenters. The lowest BCUT2D eigenvalue weighted by atomic mass is 9.86. The van der Waals surface area contributed by atoms with Crippen LogP contribution in [0.2, 0.25) is 0 Å². The molecule has 104 valence electrons. The average molecular weight is 338 g/mol. The second-order valence-electron chi connectivity index (χ2n) is 4.44. The Morgan fingerprint density at radius 2 is 2.05 bits per heavy atom. The van der Waals surface area contributed by atoms with Gasteiger partial charge in [0.15, 0.2) is 0 Å². The minimum Gasteiger partial charge on any atom is -0.481 e. The number of carboxylic acids is 1. The topological polar surface area (TPSA) is 49.3 Å². The SMILES string of the molecule is O=C(O)C1CNCC1c1ccc(Br)cc1C(F)(F)F. The molecule has 1 aliphatic heterocycles. The first-order chi connectivity index (χ1) is 8.80. The molecule has 0 radical (unpaired) electrons. The molecule has 19 heavy (non-hydrogen) atoms. The van der Waals surface area contributed by atoms with Crippen LogP contribution in [0, 0.1) is 5.92 Å². The highest BCUT2D eigenvalue weighted by Gasteiger charge is 2.40. The van der Waals surface area contributed by atoms with Crippen LogP contribution in [0.4, 0.5) is 13.2 Å². The lowest BCUT2D eigenvalue weighted by Gasteiger charge is -2.20. The Labute approximate surface area is 115 Å². The molecule has 1 heterocycles. The monoisotopic (exact) mass is 337 g/mol. The van der Waals surface area contributed by atoms with Gasteiger partial charge < -0.3 is 10.4 Å². The summed E-state index contributed by atoms with van der Waals surface area (Å²) in [4.78, 5) is 11.1. The van der Waals surface area contributed by atoms with E-state index in [-0.39, 0.29) is 18.7 Å². The number of rotatable bonds is 2. The summed E-state index contributed by atoms with van der Waals surface area (Å²) >= 11 is 3.01. The molecule has 0 aliphatic carbocycles. The highest BCUT2D eigenvalue weighted by atomic mass is 79.9. The van der Waals surface area contributed by atoms with Crippen molar-refractivity contribution in [1.82, 2.24) is 5.32 Å². The maximum atomic E-state index is 13.0. The molecular weight excluding hydrogens is 327 g/mol. The maximum absolute atomic E-state index is 13.0. The maximum Gasteiger partial charge on any atom is 0.416 e. The van der Waals surface area contributed by atoms with Crippen LogP contribution in [-0.4, -0.2) is 24.2 Å². The number of hydrogen-bond acceptors (Lipinski definition) is 2. The van der Waals surface area contributed by atoms with Crippen molar-refractivity contribution in [3.63, 3.8) is 0 Å². The molecule has 1 aliphatic rings. The Morgan fingerprint density at radius 1 is 1.37 bits per heavy atom. The molecule has 2 rings (SSSR count). The second kappa shape index (κ2) is 5.13. The fraction of sp³-hybridized carbons (Fsp3) is 0.417. The van der Waals surface area contributed by atoms with Crippen LogP contribution in [0.25, 0.3) is 0 Å². The number of halogens is 4. The van der Waals surface area contributed by atoms with E-state index in [0.29, 0.717) is 4.47 Å². The molecule has 1 aromatic rings. The number of benzene rings is 1. The largest absolute Gasteiger partial charge is 0.481 e. The number of aliphatic carboxylic acids is 1. The zero-order chi connectivity index (χ0) is 14.2. The van der Waals surface area contributed by atoms with Gasteiger partial charge in [0.2, 0.25) is 0 Å². The molecule has 7 heteroatoms. The number of hydrogen-bond donors (Lipinski definition) is 2. The molecular formula is C12H11BrF3NO2. The van der Waals surface area contributed by atoms with Crippen LogP contribution in [-0.2, 0) is 11.0 Å². The van der Waals surface area contributed by atoms with Gasteiger partial charge in [-0.1, -0.05) is 22.0 Å². The predicted molar refractivity (Wildman–Crippen MR) is 65.9 cm³/mol. The van der Waals surface area contributed by atoms with E-state index in [1.807, 2.05) is 0 Å². The van der Waals surface area contributed by atoms with Gasteiger partial charge in [0, 0.05) is 23.5 Å². The van der Waals surface area contributed by atoms with E-state index in [1.54, 1.807) is 0 Å². The molecule has 1 fully saturated rings. The number of carboxylic acid groups (broad SMARTS) is 1. The van der Waals surface area contributed by atoms with Crippen LogP contribution >= 0.6 is 15.9 Å². The first-order valence-corrected chi connectivity index (χ1v) is 6.40. The summed E-state index contributed by atoms with van der Waals surface area (Å²) in [5, 5.41) is 11.9. The summed E-state index contributed by atoms with van der Waals surface area (Å²) in [6, 6.07) is 3.84. The van der Waals surface area contributed by atoms with Crippen LogP contribution < -0.4 is 5.32 Å². The van der Waals surface area contributed by atoms with Crippen LogP contribution in [0.5, 0.6) is 0 Å². The smallest absolute Gasteiger partial charge is 0.416 e. The minimum atomic E-state index is -4.50. The van der Waals surface area contributed by atoms with E-state index in [1.165, 1.54) is 12.1 Å². The third kappa shape index (κ3) is 2.92. The minimum absolute atomic E-state index is 0.0353. The van der Waals surface area contributed by atoms with E-state index in [9.17, 15) is 18.0 Å². The molecule has 0 aromatic heterocycles. The van der Waals surface area contributed by atoms with Gasteiger partial charge in [0.25, 0.3) is 0 Å². The average Bonchev–Trinajstić information content (AvgIpc) is 2.76. The zero-order valence-electron chi connectivity index (χ0n) is 9.67. The van der Waals surface area contributed by atoms with Crippen molar-refractivity contribution in [3.05, 3.63) is 33.8 Å². The molecule has 0 bridgehead atoms. The summed E-state index contributed by atoms with van der Waals surface area (Å²) in [7, 11) is 0. The highest BCUT2D eigenvalue weighted by Crippen LogP contribution is 2.40. The van der Waals surface area contributed by atoms with E-state index in [0.717, 1.165) is 6.07 Å². The number of nitrogens with one attached hydrogen (secondary N) is 1. The molecule has 3 nitrogen and oxygen atoms in total. The Morgan fingerprint density at radius 3 is 2.63 bits per heavy atom. The predicted octanol–water partition coefficient (Wildman–Crippen LogP) is 2.86. The van der Waals surface area contributed by atoms with Gasteiger partial charge in [-0.25, -0.2) is 0 Å². The van der Waals surface area contributed by atoms with Gasteiger partial charge in [-0.05, 0) is 17.7 Å². The first-order valence-electron chi connectivity index (χ1n) is 5.61. The third-order valence-electron chi connectivity index (χ3n) is 3.25. The van der Waals surface area contributed by atoms with Crippen LogP contribution in [0.15, 0.2) is 22.7 Å². The van der Waals surface area contributed by atoms with Gasteiger partial charge in [0.1, 0.15) is 0 Å². The van der Waals surface area contributed by atoms with E-state index >= 15 is 0 Å². The molecule has 2 N–H and O–H groups in total. The van der Waals surface area contributed by atoms with E-state index in [4.69, 9.17) is 5.11 Å². The van der Waals surface area contributed by atoms with E-state index in [2.05, 4.69) is 21.2 Å². The summed E-state index contributed by atoms with van der Waals surface area (Å²) in [6.45, 7) is 0.426. The van der Waals surface area contributed by atoms with Gasteiger partial charge >= 0.3 is 12.1 Å². The lowest BCUT2D eigenvalue weighted by molar-refractivity contribution is -0.143. The molecule has 0 amide bonds.